The van der Waals surface area contributed by atoms with Gasteiger partial charge in [0.25, 0.3) is 0 Å². The van der Waals surface area contributed by atoms with Gasteiger partial charge in [-0.2, -0.15) is 0 Å². The number of hydrogen-bond donors (Lipinski definition) is 1. The summed E-state index contributed by atoms with van der Waals surface area (Å²) >= 11 is 0. The number of hydrogen-bond acceptors (Lipinski definition) is 5. The zero-order valence-corrected chi connectivity index (χ0v) is 17.3. The number of aryl methyl sites for hydroxylation is 2. The molecule has 4 aromatic rings. The molecule has 2 heterocycles. The highest BCUT2D eigenvalue weighted by molar-refractivity contribution is 6.08. The highest BCUT2D eigenvalue weighted by Gasteiger charge is 2.25. The molecule has 0 bridgehead atoms. The Labute approximate surface area is 175 Å². The first kappa shape index (κ1) is 19.9. The zero-order valence-electron chi connectivity index (χ0n) is 17.3. The third-order valence-electron chi connectivity index (χ3n) is 5.46. The summed E-state index contributed by atoms with van der Waals surface area (Å²) in [6.45, 7) is 5.07. The number of carbonyl (C=O) groups is 1. The third-order valence-corrected chi connectivity index (χ3v) is 5.46. The Hall–Kier alpha value is -3.41. The maximum Gasteiger partial charge on any atom is 0.344 e. The lowest BCUT2D eigenvalue weighted by Gasteiger charge is -2.10. The number of nitrogens with zero attached hydrogens (tertiary/aromatic N) is 3. The van der Waals surface area contributed by atoms with Crippen LogP contribution in [0.1, 0.15) is 36.2 Å². The highest BCUT2D eigenvalue weighted by Crippen LogP contribution is 2.29. The van der Waals surface area contributed by atoms with Gasteiger partial charge >= 0.3 is 5.97 Å². The topological polar surface area (TPSA) is 83.0 Å². The standard InChI is InChI=1S/C24H26N4O2/c1-3-16(2)15-30-24(29)20-21-23(27-19-12-8-7-11-18(19)26-21)28(22(20)25)14-13-17-9-5-4-6-10-17/h4-12,16H,3,13-15,25H2,1-2H3/t16-/m1/s1. The van der Waals surface area contributed by atoms with Crippen LogP contribution in [-0.4, -0.2) is 27.1 Å². The minimum absolute atomic E-state index is 0.286. The van der Waals surface area contributed by atoms with Crippen LogP contribution in [-0.2, 0) is 17.7 Å². The van der Waals surface area contributed by atoms with Gasteiger partial charge in [0.2, 0.25) is 0 Å². The van der Waals surface area contributed by atoms with Gasteiger partial charge in [-0.25, -0.2) is 14.8 Å². The summed E-state index contributed by atoms with van der Waals surface area (Å²) in [4.78, 5) is 22.4. The molecule has 2 aromatic heterocycles. The van der Waals surface area contributed by atoms with Crippen molar-refractivity contribution in [1.29, 1.82) is 0 Å². The first-order valence-electron chi connectivity index (χ1n) is 10.3. The van der Waals surface area contributed by atoms with E-state index >= 15 is 0 Å². The van der Waals surface area contributed by atoms with Crippen molar-refractivity contribution < 1.29 is 9.53 Å². The second-order valence-corrected chi connectivity index (χ2v) is 7.64. The number of ether oxygens (including phenoxy) is 1. The van der Waals surface area contributed by atoms with Crippen molar-refractivity contribution in [2.24, 2.45) is 5.92 Å². The lowest BCUT2D eigenvalue weighted by atomic mass is 10.1. The Kier molecular flexibility index (Phi) is 5.65. The number of benzene rings is 2. The highest BCUT2D eigenvalue weighted by atomic mass is 16.5. The fourth-order valence-electron chi connectivity index (χ4n) is 3.44. The van der Waals surface area contributed by atoms with Crippen LogP contribution in [0.2, 0.25) is 0 Å². The van der Waals surface area contributed by atoms with Crippen LogP contribution < -0.4 is 5.73 Å². The van der Waals surface area contributed by atoms with E-state index in [0.717, 1.165) is 23.9 Å². The summed E-state index contributed by atoms with van der Waals surface area (Å²) in [5.41, 5.74) is 10.6. The van der Waals surface area contributed by atoms with Gasteiger partial charge in [0.1, 0.15) is 16.9 Å². The van der Waals surface area contributed by atoms with Gasteiger partial charge in [-0.15, -0.1) is 0 Å². The second-order valence-electron chi connectivity index (χ2n) is 7.64. The predicted octanol–water partition coefficient (Wildman–Crippen LogP) is 4.61. The molecule has 0 aliphatic rings. The minimum Gasteiger partial charge on any atom is -0.462 e. The molecule has 0 aliphatic carbocycles. The number of nitrogens with two attached hydrogens (primary N) is 1. The van der Waals surface area contributed by atoms with E-state index in [4.69, 9.17) is 20.4 Å². The number of rotatable bonds is 7. The van der Waals surface area contributed by atoms with E-state index in [9.17, 15) is 4.79 Å². The van der Waals surface area contributed by atoms with Gasteiger partial charge in [-0.05, 0) is 30.0 Å². The second kappa shape index (κ2) is 8.53. The molecule has 1 atom stereocenters. The summed E-state index contributed by atoms with van der Waals surface area (Å²) in [6, 6.07) is 17.8. The van der Waals surface area contributed by atoms with Gasteiger partial charge in [0, 0.05) is 6.54 Å². The van der Waals surface area contributed by atoms with Crippen LogP contribution in [0.25, 0.3) is 22.2 Å². The molecule has 0 saturated heterocycles. The maximum atomic E-state index is 12.9. The zero-order chi connectivity index (χ0) is 21.1. The van der Waals surface area contributed by atoms with Crippen LogP contribution in [0.5, 0.6) is 0 Å². The van der Waals surface area contributed by atoms with Crippen molar-refractivity contribution in [3.8, 4) is 0 Å². The van der Waals surface area contributed by atoms with Crippen LogP contribution in [0.3, 0.4) is 0 Å². The Morgan fingerprint density at radius 3 is 2.43 bits per heavy atom. The predicted molar refractivity (Wildman–Crippen MR) is 119 cm³/mol. The van der Waals surface area contributed by atoms with Crippen LogP contribution in [0, 0.1) is 5.92 Å². The van der Waals surface area contributed by atoms with E-state index in [-0.39, 0.29) is 5.92 Å². The molecule has 6 nitrogen and oxygen atoms in total. The number of para-hydroxylation sites is 2. The Balaban J connectivity index is 1.78. The average Bonchev–Trinajstić information content (AvgIpc) is 3.05. The SMILES string of the molecule is CC[C@@H](C)COC(=O)c1c(N)n(CCc2ccccc2)c2nc3ccccc3nc12. The van der Waals surface area contributed by atoms with E-state index in [1.807, 2.05) is 54.0 Å². The minimum atomic E-state index is -0.444. The molecule has 6 heteroatoms. The first-order chi connectivity index (χ1) is 14.6. The van der Waals surface area contributed by atoms with Gasteiger partial charge in [0.15, 0.2) is 5.65 Å². The van der Waals surface area contributed by atoms with E-state index < -0.39 is 5.97 Å². The molecule has 0 spiro atoms. The molecule has 0 saturated carbocycles. The molecule has 0 fully saturated rings. The summed E-state index contributed by atoms with van der Waals surface area (Å²) in [5, 5.41) is 0. The third kappa shape index (κ3) is 3.85. The lowest BCUT2D eigenvalue weighted by molar-refractivity contribution is 0.0450. The van der Waals surface area contributed by atoms with Crippen molar-refractivity contribution in [2.45, 2.75) is 33.2 Å². The van der Waals surface area contributed by atoms with E-state index in [1.54, 1.807) is 0 Å². The average molecular weight is 402 g/mol. The van der Waals surface area contributed by atoms with E-state index in [2.05, 4.69) is 19.1 Å². The molecular formula is C24H26N4O2. The molecule has 0 radical (unpaired) electrons. The Bertz CT molecular complexity index is 1180. The lowest BCUT2D eigenvalue weighted by Crippen LogP contribution is -2.14. The number of nitrogen functional groups attached to an aromatic ring is 1. The summed E-state index contributed by atoms with van der Waals surface area (Å²) in [5.74, 6) is 0.194. The molecule has 30 heavy (non-hydrogen) atoms. The van der Waals surface area contributed by atoms with Gasteiger partial charge in [0.05, 0.1) is 17.6 Å². The van der Waals surface area contributed by atoms with E-state index in [0.29, 0.717) is 35.7 Å². The van der Waals surface area contributed by atoms with Crippen LogP contribution >= 0.6 is 0 Å². The summed E-state index contributed by atoms with van der Waals surface area (Å²) < 4.78 is 7.43. The molecule has 0 unspecified atom stereocenters. The number of esters is 1. The van der Waals surface area contributed by atoms with Crippen LogP contribution in [0.15, 0.2) is 54.6 Å². The van der Waals surface area contributed by atoms with Crippen molar-refractivity contribution in [1.82, 2.24) is 14.5 Å². The smallest absolute Gasteiger partial charge is 0.344 e. The number of anilines is 1. The van der Waals surface area contributed by atoms with Gasteiger partial charge < -0.3 is 15.0 Å². The maximum absolute atomic E-state index is 12.9. The molecule has 154 valence electrons. The normalized spacial score (nSPS) is 12.3. The Morgan fingerprint density at radius 2 is 1.73 bits per heavy atom. The largest absolute Gasteiger partial charge is 0.462 e. The van der Waals surface area contributed by atoms with Crippen molar-refractivity contribution in [3.05, 3.63) is 65.7 Å². The quantitative estimate of drug-likeness (QED) is 0.456. The Morgan fingerprint density at radius 1 is 1.07 bits per heavy atom. The monoisotopic (exact) mass is 402 g/mol. The summed E-state index contributed by atoms with van der Waals surface area (Å²) in [6.07, 6.45) is 1.71. The van der Waals surface area contributed by atoms with Crippen molar-refractivity contribution >= 4 is 34.0 Å². The summed E-state index contributed by atoms with van der Waals surface area (Å²) in [7, 11) is 0. The molecule has 0 aliphatic heterocycles. The van der Waals surface area contributed by atoms with Crippen LogP contribution in [0.4, 0.5) is 5.82 Å². The fraction of sp³-hybridized carbons (Fsp3) is 0.292. The van der Waals surface area contributed by atoms with E-state index in [1.165, 1.54) is 5.56 Å². The van der Waals surface area contributed by atoms with Gasteiger partial charge in [-0.3, -0.25) is 0 Å². The van der Waals surface area contributed by atoms with Crippen molar-refractivity contribution in [2.75, 3.05) is 12.3 Å². The number of fused-ring (bicyclic) bond motifs is 2. The first-order valence-corrected chi connectivity index (χ1v) is 10.3. The fourth-order valence-corrected chi connectivity index (χ4v) is 3.44. The molecule has 0 amide bonds. The molecule has 2 aromatic carbocycles. The number of aromatic nitrogens is 3. The molecule has 4 rings (SSSR count). The van der Waals surface area contributed by atoms with Crippen molar-refractivity contribution in [3.63, 3.8) is 0 Å². The molecule has 2 N–H and O–H groups in total. The molecular weight excluding hydrogens is 376 g/mol. The van der Waals surface area contributed by atoms with Gasteiger partial charge in [-0.1, -0.05) is 62.7 Å². The number of carbonyl (C=O) groups excluding carboxylic acids is 1.